The van der Waals surface area contributed by atoms with Crippen LogP contribution in [0.3, 0.4) is 0 Å². The van der Waals surface area contributed by atoms with Crippen molar-refractivity contribution in [2.75, 3.05) is 6.61 Å². The minimum atomic E-state index is -1.23. The molecule has 4 bridgehead atoms. The first-order chi connectivity index (χ1) is 11.5. The monoisotopic (exact) mass is 332 g/mol. The van der Waals surface area contributed by atoms with Crippen LogP contribution in [0, 0.1) is 29.0 Å². The number of ether oxygens (including phenoxy) is 1. The van der Waals surface area contributed by atoms with Gasteiger partial charge in [0.1, 0.15) is 0 Å². The number of aromatic carboxylic acids is 1. The summed E-state index contributed by atoms with van der Waals surface area (Å²) in [5.74, 6) is 0.609. The Morgan fingerprint density at radius 2 is 1.79 bits per heavy atom. The molecule has 0 spiro atoms. The van der Waals surface area contributed by atoms with Crippen molar-refractivity contribution in [3.8, 4) is 5.75 Å². The van der Waals surface area contributed by atoms with Crippen molar-refractivity contribution in [3.63, 3.8) is 0 Å². The lowest BCUT2D eigenvalue weighted by molar-refractivity contribution is -0.0750. The third kappa shape index (κ3) is 2.70. The average Bonchev–Trinajstić information content (AvgIpc) is 2.52. The van der Waals surface area contributed by atoms with E-state index in [0.29, 0.717) is 13.0 Å². The van der Waals surface area contributed by atoms with Crippen LogP contribution in [0.2, 0.25) is 0 Å². The standard InChI is InChI=1S/C20H25FO3/c1-2-12-6-16(19(22)23)18(21)17(7-12)24-11-20-8-13-3-14(9-20)5-15(4-13)10-20/h6-7,13-15H,2-5,8-11H2,1H3,(H,22,23). The molecule has 0 aliphatic heterocycles. The minimum absolute atomic E-state index is 0.113. The average molecular weight is 332 g/mol. The van der Waals surface area contributed by atoms with Gasteiger partial charge in [0.05, 0.1) is 12.2 Å². The van der Waals surface area contributed by atoms with Crippen LogP contribution in [0.1, 0.15) is 61.4 Å². The molecule has 1 aromatic carbocycles. The molecule has 0 atom stereocenters. The number of halogens is 1. The highest BCUT2D eigenvalue weighted by Crippen LogP contribution is 2.60. The molecule has 0 radical (unpaired) electrons. The zero-order chi connectivity index (χ0) is 16.9. The van der Waals surface area contributed by atoms with Crippen LogP contribution in [0.15, 0.2) is 12.1 Å². The van der Waals surface area contributed by atoms with Gasteiger partial charge in [0.25, 0.3) is 0 Å². The summed E-state index contributed by atoms with van der Waals surface area (Å²) in [6, 6.07) is 3.08. The van der Waals surface area contributed by atoms with E-state index in [4.69, 9.17) is 4.74 Å². The van der Waals surface area contributed by atoms with Crippen LogP contribution in [0.25, 0.3) is 0 Å². The predicted molar refractivity (Wildman–Crippen MR) is 88.8 cm³/mol. The van der Waals surface area contributed by atoms with E-state index in [9.17, 15) is 14.3 Å². The molecule has 4 fully saturated rings. The number of hydrogen-bond donors (Lipinski definition) is 1. The summed E-state index contributed by atoms with van der Waals surface area (Å²) >= 11 is 0. The maximum atomic E-state index is 14.5. The Morgan fingerprint density at radius 1 is 1.21 bits per heavy atom. The summed E-state index contributed by atoms with van der Waals surface area (Å²) in [4.78, 5) is 11.3. The second kappa shape index (κ2) is 5.75. The Hall–Kier alpha value is -1.58. The molecule has 0 unspecified atom stereocenters. The lowest BCUT2D eigenvalue weighted by Crippen LogP contribution is -2.48. The Kier molecular flexibility index (Phi) is 3.81. The molecule has 0 heterocycles. The number of hydrogen-bond acceptors (Lipinski definition) is 2. The van der Waals surface area contributed by atoms with Crippen LogP contribution >= 0.6 is 0 Å². The van der Waals surface area contributed by atoms with Gasteiger partial charge in [-0.25, -0.2) is 9.18 Å². The maximum absolute atomic E-state index is 14.5. The first-order valence-corrected chi connectivity index (χ1v) is 9.16. The van der Waals surface area contributed by atoms with Gasteiger partial charge in [-0.2, -0.15) is 0 Å². The Morgan fingerprint density at radius 3 is 2.29 bits per heavy atom. The maximum Gasteiger partial charge on any atom is 0.338 e. The quantitative estimate of drug-likeness (QED) is 0.851. The third-order valence-electron chi connectivity index (χ3n) is 6.44. The van der Waals surface area contributed by atoms with Crippen molar-refractivity contribution >= 4 is 5.97 Å². The second-order valence-corrected chi connectivity index (χ2v) is 8.32. The molecule has 4 aliphatic rings. The summed E-state index contributed by atoms with van der Waals surface area (Å²) in [7, 11) is 0. The zero-order valence-electron chi connectivity index (χ0n) is 14.2. The fraction of sp³-hybridized carbons (Fsp3) is 0.650. The zero-order valence-corrected chi connectivity index (χ0v) is 14.2. The van der Waals surface area contributed by atoms with Crippen LogP contribution < -0.4 is 4.74 Å². The first-order valence-electron chi connectivity index (χ1n) is 9.16. The Labute approximate surface area is 142 Å². The van der Waals surface area contributed by atoms with Gasteiger partial charge in [0, 0.05) is 5.41 Å². The van der Waals surface area contributed by atoms with E-state index >= 15 is 0 Å². The lowest BCUT2D eigenvalue weighted by Gasteiger charge is -2.56. The number of carboxylic acids is 1. The molecule has 4 heteroatoms. The SMILES string of the molecule is CCc1cc(OCC23CC4CC(CC(C4)C2)C3)c(F)c(C(=O)O)c1. The molecule has 24 heavy (non-hydrogen) atoms. The molecule has 0 aromatic heterocycles. The van der Waals surface area contributed by atoms with Crippen molar-refractivity contribution in [1.82, 2.24) is 0 Å². The summed E-state index contributed by atoms with van der Waals surface area (Å²) in [5, 5.41) is 9.21. The summed E-state index contributed by atoms with van der Waals surface area (Å²) in [6.07, 6.45) is 8.33. The molecule has 1 N–H and O–H groups in total. The van der Waals surface area contributed by atoms with Gasteiger partial charge in [0.15, 0.2) is 11.6 Å². The van der Waals surface area contributed by atoms with Gasteiger partial charge in [-0.1, -0.05) is 6.92 Å². The molecule has 5 rings (SSSR count). The van der Waals surface area contributed by atoms with Crippen LogP contribution in [0.4, 0.5) is 4.39 Å². The third-order valence-corrected chi connectivity index (χ3v) is 6.44. The topological polar surface area (TPSA) is 46.5 Å². The van der Waals surface area contributed by atoms with Crippen LogP contribution in [0.5, 0.6) is 5.75 Å². The minimum Gasteiger partial charge on any atom is -0.490 e. The van der Waals surface area contributed by atoms with Crippen molar-refractivity contribution in [3.05, 3.63) is 29.1 Å². The van der Waals surface area contributed by atoms with Gasteiger partial charge >= 0.3 is 5.97 Å². The first kappa shape index (κ1) is 15.9. The van der Waals surface area contributed by atoms with Gasteiger partial charge in [-0.15, -0.1) is 0 Å². The van der Waals surface area contributed by atoms with E-state index in [-0.39, 0.29) is 16.7 Å². The molecule has 130 valence electrons. The van der Waals surface area contributed by atoms with Crippen molar-refractivity contribution in [2.24, 2.45) is 23.2 Å². The molecule has 0 amide bonds. The van der Waals surface area contributed by atoms with Gasteiger partial charge in [0.2, 0.25) is 0 Å². The van der Waals surface area contributed by atoms with Gasteiger partial charge in [-0.05, 0) is 80.4 Å². The van der Waals surface area contributed by atoms with E-state index in [1.54, 1.807) is 6.07 Å². The lowest BCUT2D eigenvalue weighted by atomic mass is 9.50. The molecular formula is C20H25FO3. The van der Waals surface area contributed by atoms with E-state index < -0.39 is 11.8 Å². The molecular weight excluding hydrogens is 307 g/mol. The van der Waals surface area contributed by atoms with Crippen molar-refractivity contribution in [2.45, 2.75) is 51.9 Å². The van der Waals surface area contributed by atoms with Gasteiger partial charge < -0.3 is 9.84 Å². The van der Waals surface area contributed by atoms with Crippen molar-refractivity contribution in [1.29, 1.82) is 0 Å². The predicted octanol–water partition coefficient (Wildman–Crippen LogP) is 4.68. The summed E-state index contributed by atoms with van der Waals surface area (Å²) < 4.78 is 20.4. The number of carboxylic acid groups (broad SMARTS) is 1. The summed E-state index contributed by atoms with van der Waals surface area (Å²) in [6.45, 7) is 2.46. The molecule has 1 aromatic rings. The second-order valence-electron chi connectivity index (χ2n) is 8.32. The molecule has 3 nitrogen and oxygen atoms in total. The van der Waals surface area contributed by atoms with Crippen LogP contribution in [-0.2, 0) is 6.42 Å². The van der Waals surface area contributed by atoms with E-state index in [1.807, 2.05) is 6.92 Å². The number of aryl methyl sites for hydroxylation is 1. The highest BCUT2D eigenvalue weighted by molar-refractivity contribution is 5.88. The van der Waals surface area contributed by atoms with E-state index in [0.717, 1.165) is 23.3 Å². The Balaban J connectivity index is 1.56. The van der Waals surface area contributed by atoms with E-state index in [1.165, 1.54) is 44.6 Å². The Bertz CT molecular complexity index is 632. The smallest absolute Gasteiger partial charge is 0.338 e. The number of benzene rings is 1. The summed E-state index contributed by atoms with van der Waals surface area (Å²) in [5.41, 5.74) is 0.705. The van der Waals surface area contributed by atoms with Crippen molar-refractivity contribution < 1.29 is 19.0 Å². The van der Waals surface area contributed by atoms with Gasteiger partial charge in [-0.3, -0.25) is 0 Å². The normalized spacial score (nSPS) is 33.7. The number of rotatable bonds is 5. The number of carbonyl (C=O) groups is 1. The van der Waals surface area contributed by atoms with E-state index in [2.05, 4.69) is 0 Å². The fourth-order valence-electron chi connectivity index (χ4n) is 5.82. The largest absolute Gasteiger partial charge is 0.490 e. The molecule has 4 aliphatic carbocycles. The van der Waals surface area contributed by atoms with Crippen LogP contribution in [-0.4, -0.2) is 17.7 Å². The highest BCUT2D eigenvalue weighted by Gasteiger charge is 2.51. The molecule has 4 saturated carbocycles. The highest BCUT2D eigenvalue weighted by atomic mass is 19.1. The molecule has 0 saturated heterocycles. The fourth-order valence-corrected chi connectivity index (χ4v) is 5.82.